The molecule has 1 saturated heterocycles. The lowest BCUT2D eigenvalue weighted by Crippen LogP contribution is -2.31. The van der Waals surface area contributed by atoms with Crippen molar-refractivity contribution in [3.63, 3.8) is 0 Å². The number of likely N-dealkylation sites (tertiary alicyclic amines) is 1. The van der Waals surface area contributed by atoms with E-state index in [9.17, 15) is 10.1 Å². The van der Waals surface area contributed by atoms with Crippen LogP contribution in [0.4, 0.5) is 5.82 Å². The van der Waals surface area contributed by atoms with E-state index in [-0.39, 0.29) is 17.8 Å². The number of amides is 1. The standard InChI is InChI=1S/C23H19N7O3/c1-32-22-14(10-24)9-15(11-25-22)17-4-5-18-20(29-17)21(27-13-26-18)28-16-6-7-30(12-16)23(31)19-3-2-8-33-19/h2-5,8-9,11,13,16H,6-7,12H2,1H3,(H,26,27,28)/t16-/m0/s1. The van der Waals surface area contributed by atoms with E-state index in [4.69, 9.17) is 14.1 Å². The molecule has 1 fully saturated rings. The molecule has 0 aliphatic carbocycles. The van der Waals surface area contributed by atoms with E-state index in [1.165, 1.54) is 19.7 Å². The molecule has 0 spiro atoms. The molecule has 5 heterocycles. The number of fused-ring (bicyclic) bond motifs is 1. The lowest BCUT2D eigenvalue weighted by molar-refractivity contribution is 0.0760. The van der Waals surface area contributed by atoms with Crippen LogP contribution < -0.4 is 10.1 Å². The summed E-state index contributed by atoms with van der Waals surface area (Å²) in [5, 5.41) is 12.8. The van der Waals surface area contributed by atoms with E-state index in [1.807, 2.05) is 12.1 Å². The van der Waals surface area contributed by atoms with Gasteiger partial charge in [-0.25, -0.2) is 19.9 Å². The van der Waals surface area contributed by atoms with Gasteiger partial charge in [0.1, 0.15) is 23.5 Å². The normalized spacial score (nSPS) is 15.4. The van der Waals surface area contributed by atoms with Crippen LogP contribution in [-0.2, 0) is 0 Å². The second-order valence-corrected chi connectivity index (χ2v) is 7.54. The molecule has 10 nitrogen and oxygen atoms in total. The maximum atomic E-state index is 12.5. The van der Waals surface area contributed by atoms with E-state index in [2.05, 4.69) is 26.3 Å². The minimum atomic E-state index is -0.127. The topological polar surface area (TPSA) is 130 Å². The smallest absolute Gasteiger partial charge is 0.289 e. The molecule has 0 aromatic carbocycles. The summed E-state index contributed by atoms with van der Waals surface area (Å²) in [7, 11) is 1.47. The maximum Gasteiger partial charge on any atom is 0.289 e. The Kier molecular flexibility index (Phi) is 5.28. The summed E-state index contributed by atoms with van der Waals surface area (Å²) in [6.07, 6.45) is 5.36. The summed E-state index contributed by atoms with van der Waals surface area (Å²) in [6, 6.07) is 10.8. The van der Waals surface area contributed by atoms with E-state index in [1.54, 1.807) is 29.3 Å². The second-order valence-electron chi connectivity index (χ2n) is 7.54. The fourth-order valence-corrected chi connectivity index (χ4v) is 3.85. The number of nitrogens with zero attached hydrogens (tertiary/aromatic N) is 6. The lowest BCUT2D eigenvalue weighted by atomic mass is 10.1. The van der Waals surface area contributed by atoms with E-state index in [0.29, 0.717) is 52.5 Å². The summed E-state index contributed by atoms with van der Waals surface area (Å²) in [4.78, 5) is 31.9. The van der Waals surface area contributed by atoms with Crippen LogP contribution in [0, 0.1) is 11.3 Å². The van der Waals surface area contributed by atoms with Gasteiger partial charge in [-0.05, 0) is 36.8 Å². The molecule has 4 aromatic heterocycles. The van der Waals surface area contributed by atoms with Gasteiger partial charge in [-0.2, -0.15) is 5.26 Å². The van der Waals surface area contributed by atoms with Crippen molar-refractivity contribution in [3.8, 4) is 23.2 Å². The van der Waals surface area contributed by atoms with Crippen LogP contribution in [0.1, 0.15) is 22.5 Å². The first-order valence-electron chi connectivity index (χ1n) is 10.3. The fourth-order valence-electron chi connectivity index (χ4n) is 3.85. The first-order valence-corrected chi connectivity index (χ1v) is 10.3. The Morgan fingerprint density at radius 3 is 3.00 bits per heavy atom. The van der Waals surface area contributed by atoms with Crippen LogP contribution in [0.15, 0.2) is 53.5 Å². The Morgan fingerprint density at radius 1 is 1.30 bits per heavy atom. The molecule has 1 amide bonds. The number of nitriles is 1. The van der Waals surface area contributed by atoms with Crippen molar-refractivity contribution in [3.05, 3.63) is 60.4 Å². The van der Waals surface area contributed by atoms with E-state index < -0.39 is 0 Å². The van der Waals surface area contributed by atoms with Crippen molar-refractivity contribution in [1.29, 1.82) is 5.26 Å². The SMILES string of the molecule is COc1ncc(-c2ccc3ncnc(N[C@H]4CCN(C(=O)c5ccco5)C4)c3n2)cc1C#N. The minimum Gasteiger partial charge on any atom is -0.480 e. The molecule has 5 rings (SSSR count). The van der Waals surface area contributed by atoms with Gasteiger partial charge in [0.15, 0.2) is 11.6 Å². The summed E-state index contributed by atoms with van der Waals surface area (Å²) in [6.45, 7) is 1.14. The van der Waals surface area contributed by atoms with E-state index in [0.717, 1.165) is 6.42 Å². The number of hydrogen-bond acceptors (Lipinski definition) is 9. The molecule has 164 valence electrons. The number of pyridine rings is 2. The van der Waals surface area contributed by atoms with Crippen LogP contribution in [0.5, 0.6) is 5.88 Å². The van der Waals surface area contributed by atoms with Crippen molar-refractivity contribution >= 4 is 22.8 Å². The number of ether oxygens (including phenoxy) is 1. The van der Waals surface area contributed by atoms with Gasteiger partial charge in [0, 0.05) is 30.9 Å². The van der Waals surface area contributed by atoms with Crippen molar-refractivity contribution < 1.29 is 13.9 Å². The third-order valence-corrected chi connectivity index (χ3v) is 5.49. The highest BCUT2D eigenvalue weighted by Gasteiger charge is 2.29. The van der Waals surface area contributed by atoms with Crippen LogP contribution in [0.2, 0.25) is 0 Å². The molecule has 4 aromatic rings. The second kappa shape index (κ2) is 8.55. The molecular formula is C23H19N7O3. The van der Waals surface area contributed by atoms with Crippen molar-refractivity contribution in [1.82, 2.24) is 24.8 Å². The maximum absolute atomic E-state index is 12.5. The van der Waals surface area contributed by atoms with Crippen molar-refractivity contribution in [2.75, 3.05) is 25.5 Å². The van der Waals surface area contributed by atoms with Crippen molar-refractivity contribution in [2.45, 2.75) is 12.5 Å². The number of furan rings is 1. The van der Waals surface area contributed by atoms with Gasteiger partial charge in [-0.1, -0.05) is 0 Å². The Labute approximate surface area is 188 Å². The predicted octanol–water partition coefficient (Wildman–Crippen LogP) is 2.89. The van der Waals surface area contributed by atoms with Gasteiger partial charge in [0.25, 0.3) is 5.91 Å². The van der Waals surface area contributed by atoms with Crippen molar-refractivity contribution in [2.24, 2.45) is 0 Å². The summed E-state index contributed by atoms with van der Waals surface area (Å²) < 4.78 is 10.4. The highest BCUT2D eigenvalue weighted by Crippen LogP contribution is 2.27. The molecule has 0 unspecified atom stereocenters. The summed E-state index contributed by atoms with van der Waals surface area (Å²) in [5.74, 6) is 1.06. The molecule has 1 aliphatic rings. The zero-order valence-electron chi connectivity index (χ0n) is 17.7. The quantitative estimate of drug-likeness (QED) is 0.497. The van der Waals surface area contributed by atoms with E-state index >= 15 is 0 Å². The number of hydrogen-bond donors (Lipinski definition) is 1. The number of rotatable bonds is 5. The fraction of sp³-hybridized carbons (Fsp3) is 0.217. The summed E-state index contributed by atoms with van der Waals surface area (Å²) >= 11 is 0. The van der Waals surface area contributed by atoms with Gasteiger partial charge in [-0.3, -0.25) is 4.79 Å². The number of carbonyl (C=O) groups excluding carboxylic acids is 1. The van der Waals surface area contributed by atoms with Gasteiger partial charge < -0.3 is 19.4 Å². The largest absolute Gasteiger partial charge is 0.480 e. The molecular weight excluding hydrogens is 422 g/mol. The highest BCUT2D eigenvalue weighted by atomic mass is 16.5. The monoisotopic (exact) mass is 441 g/mol. The third kappa shape index (κ3) is 3.92. The van der Waals surface area contributed by atoms with Gasteiger partial charge >= 0.3 is 0 Å². The van der Waals surface area contributed by atoms with Crippen LogP contribution >= 0.6 is 0 Å². The average molecular weight is 441 g/mol. The molecule has 1 atom stereocenters. The van der Waals surface area contributed by atoms with Crippen LogP contribution in [0.25, 0.3) is 22.3 Å². The summed E-state index contributed by atoms with van der Waals surface area (Å²) in [5.41, 5.74) is 2.92. The molecule has 0 bridgehead atoms. The Bertz CT molecular complexity index is 1360. The molecule has 1 aliphatic heterocycles. The first-order chi connectivity index (χ1) is 16.2. The number of carbonyl (C=O) groups is 1. The van der Waals surface area contributed by atoms with Gasteiger partial charge in [-0.15, -0.1) is 0 Å². The molecule has 1 N–H and O–H groups in total. The highest BCUT2D eigenvalue weighted by molar-refractivity contribution is 5.92. The molecule has 33 heavy (non-hydrogen) atoms. The molecule has 0 saturated carbocycles. The third-order valence-electron chi connectivity index (χ3n) is 5.49. The molecule has 10 heteroatoms. The first kappa shape index (κ1) is 20.4. The molecule has 0 radical (unpaired) electrons. The Morgan fingerprint density at radius 2 is 2.21 bits per heavy atom. The van der Waals surface area contributed by atoms with Crippen LogP contribution in [-0.4, -0.2) is 57.0 Å². The predicted molar refractivity (Wildman–Crippen MR) is 118 cm³/mol. The zero-order chi connectivity index (χ0) is 22.8. The van der Waals surface area contributed by atoms with Gasteiger partial charge in [0.2, 0.25) is 5.88 Å². The lowest BCUT2D eigenvalue weighted by Gasteiger charge is -2.17. The van der Waals surface area contributed by atoms with Gasteiger partial charge in [0.05, 0.1) is 24.6 Å². The zero-order valence-corrected chi connectivity index (χ0v) is 17.7. The average Bonchev–Trinajstić information content (AvgIpc) is 3.56. The van der Waals surface area contributed by atoms with Crippen LogP contribution in [0.3, 0.4) is 0 Å². The number of methoxy groups -OCH3 is 1. The minimum absolute atomic E-state index is 0.0142. The Hall–Kier alpha value is -4.52. The number of aromatic nitrogens is 4. The number of nitrogens with one attached hydrogen (secondary N) is 1. The number of anilines is 1. The Balaban J connectivity index is 1.40.